The molecule has 1 aromatic rings. The van der Waals surface area contributed by atoms with E-state index in [2.05, 4.69) is 77.1 Å². The van der Waals surface area contributed by atoms with E-state index < -0.39 is 0 Å². The number of benzene rings is 1. The summed E-state index contributed by atoms with van der Waals surface area (Å²) in [5.74, 6) is 0. The van der Waals surface area contributed by atoms with Crippen LogP contribution in [0.1, 0.15) is 58.1 Å². The van der Waals surface area contributed by atoms with Crippen LogP contribution in [0.25, 0.3) is 0 Å². The SMILES string of the molecule is C/C=C(\C=C/CCC)CC.CCc1ccc(C)cc1. The molecule has 0 heterocycles. The molecule has 0 saturated heterocycles. The quantitative estimate of drug-likeness (QED) is 0.547. The van der Waals surface area contributed by atoms with Crippen LogP contribution in [-0.4, -0.2) is 0 Å². The van der Waals surface area contributed by atoms with Gasteiger partial charge in [0.25, 0.3) is 0 Å². The van der Waals surface area contributed by atoms with E-state index in [1.807, 2.05) is 0 Å². The lowest BCUT2D eigenvalue weighted by Gasteiger charge is -1.94. The van der Waals surface area contributed by atoms with Crippen molar-refractivity contribution >= 4 is 0 Å². The fraction of sp³-hybridized carbons (Fsp3) is 0.474. The molecule has 0 radical (unpaired) electrons. The van der Waals surface area contributed by atoms with Gasteiger partial charge in [0.05, 0.1) is 0 Å². The van der Waals surface area contributed by atoms with E-state index >= 15 is 0 Å². The van der Waals surface area contributed by atoms with Crippen molar-refractivity contribution in [3.8, 4) is 0 Å². The molecule has 0 bridgehead atoms. The van der Waals surface area contributed by atoms with Crippen LogP contribution in [0.4, 0.5) is 0 Å². The summed E-state index contributed by atoms with van der Waals surface area (Å²) in [6.07, 6.45) is 11.4. The Morgan fingerprint density at radius 3 is 2.11 bits per heavy atom. The van der Waals surface area contributed by atoms with Gasteiger partial charge in [-0.1, -0.05) is 80.8 Å². The summed E-state index contributed by atoms with van der Waals surface area (Å²) in [7, 11) is 0. The highest BCUT2D eigenvalue weighted by atomic mass is 13.9. The third-order valence-electron chi connectivity index (χ3n) is 3.10. The lowest BCUT2D eigenvalue weighted by atomic mass is 10.1. The molecule has 0 aliphatic carbocycles. The zero-order valence-corrected chi connectivity index (χ0v) is 13.4. The van der Waals surface area contributed by atoms with Crippen LogP contribution < -0.4 is 0 Å². The van der Waals surface area contributed by atoms with E-state index in [4.69, 9.17) is 0 Å². The molecule has 0 unspecified atom stereocenters. The molecular weight excluding hydrogens is 228 g/mol. The smallest absolute Gasteiger partial charge is 0.0307 e. The molecule has 0 saturated carbocycles. The highest BCUT2D eigenvalue weighted by Gasteiger charge is 1.85. The molecule has 0 amide bonds. The summed E-state index contributed by atoms with van der Waals surface area (Å²) in [5.41, 5.74) is 4.20. The Balaban J connectivity index is 0.000000342. The first-order valence-electron chi connectivity index (χ1n) is 7.55. The van der Waals surface area contributed by atoms with E-state index in [0.29, 0.717) is 0 Å². The van der Waals surface area contributed by atoms with Crippen LogP contribution in [0.15, 0.2) is 48.1 Å². The molecule has 1 rings (SSSR count). The van der Waals surface area contributed by atoms with Gasteiger partial charge in [0.15, 0.2) is 0 Å². The number of hydrogen-bond acceptors (Lipinski definition) is 0. The first-order valence-corrected chi connectivity index (χ1v) is 7.55. The minimum Gasteiger partial charge on any atom is -0.0845 e. The number of unbranched alkanes of at least 4 members (excludes halogenated alkanes) is 1. The third kappa shape index (κ3) is 9.30. The molecule has 0 heteroatoms. The van der Waals surface area contributed by atoms with Gasteiger partial charge in [0.1, 0.15) is 0 Å². The largest absolute Gasteiger partial charge is 0.0845 e. The van der Waals surface area contributed by atoms with Gasteiger partial charge in [-0.25, -0.2) is 0 Å². The Labute approximate surface area is 120 Å². The lowest BCUT2D eigenvalue weighted by molar-refractivity contribution is 0.955. The van der Waals surface area contributed by atoms with Gasteiger partial charge in [0, 0.05) is 0 Å². The van der Waals surface area contributed by atoms with Gasteiger partial charge < -0.3 is 0 Å². The summed E-state index contributed by atoms with van der Waals surface area (Å²) < 4.78 is 0. The molecule has 19 heavy (non-hydrogen) atoms. The van der Waals surface area contributed by atoms with Crippen molar-refractivity contribution in [1.82, 2.24) is 0 Å². The van der Waals surface area contributed by atoms with E-state index in [-0.39, 0.29) is 0 Å². The number of hydrogen-bond donors (Lipinski definition) is 0. The second kappa shape index (κ2) is 11.8. The summed E-state index contributed by atoms with van der Waals surface area (Å²) in [6.45, 7) is 10.8. The van der Waals surface area contributed by atoms with Crippen molar-refractivity contribution in [3.63, 3.8) is 0 Å². The van der Waals surface area contributed by atoms with Gasteiger partial charge in [-0.3, -0.25) is 0 Å². The summed E-state index contributed by atoms with van der Waals surface area (Å²) >= 11 is 0. The van der Waals surface area contributed by atoms with Crippen molar-refractivity contribution in [3.05, 3.63) is 59.2 Å². The number of rotatable bonds is 5. The van der Waals surface area contributed by atoms with Gasteiger partial charge >= 0.3 is 0 Å². The number of aryl methyl sites for hydroxylation is 2. The molecule has 1 aromatic carbocycles. The first kappa shape index (κ1) is 17.7. The Hall–Kier alpha value is -1.30. The van der Waals surface area contributed by atoms with Crippen molar-refractivity contribution in [2.45, 2.75) is 60.3 Å². The van der Waals surface area contributed by atoms with E-state index in [1.165, 1.54) is 29.5 Å². The Kier molecular flexibility index (Phi) is 11.0. The molecule has 0 N–H and O–H groups in total. The normalized spacial score (nSPS) is 11.3. The summed E-state index contributed by atoms with van der Waals surface area (Å²) in [5, 5.41) is 0. The minimum atomic E-state index is 1.14. The van der Waals surface area contributed by atoms with Crippen LogP contribution in [-0.2, 0) is 6.42 Å². The Morgan fingerprint density at radius 2 is 1.68 bits per heavy atom. The van der Waals surface area contributed by atoms with E-state index in [0.717, 1.165) is 12.8 Å². The molecule has 0 atom stereocenters. The van der Waals surface area contributed by atoms with Gasteiger partial charge in [-0.2, -0.15) is 0 Å². The maximum absolute atomic E-state index is 2.25. The van der Waals surface area contributed by atoms with Crippen LogP contribution >= 0.6 is 0 Å². The zero-order chi connectivity index (χ0) is 14.5. The van der Waals surface area contributed by atoms with E-state index in [9.17, 15) is 0 Å². The molecule has 0 aliphatic rings. The standard InChI is InChI=1S/C10H18.C9H12/c1-4-7-8-9-10(5-2)6-3;1-3-9-6-4-8(2)5-7-9/h5,8-9H,4,6-7H2,1-3H3;4-7H,3H2,1-2H3/b9-8-,10-5-;. The fourth-order valence-electron chi connectivity index (χ4n) is 1.64. The second-order valence-electron chi connectivity index (χ2n) is 4.75. The van der Waals surface area contributed by atoms with Crippen LogP contribution in [0, 0.1) is 6.92 Å². The topological polar surface area (TPSA) is 0 Å². The van der Waals surface area contributed by atoms with Crippen LogP contribution in [0.3, 0.4) is 0 Å². The van der Waals surface area contributed by atoms with Crippen LogP contribution in [0.2, 0.25) is 0 Å². The van der Waals surface area contributed by atoms with Crippen molar-refractivity contribution in [1.29, 1.82) is 0 Å². The minimum absolute atomic E-state index is 1.14. The van der Waals surface area contributed by atoms with Crippen molar-refractivity contribution in [2.75, 3.05) is 0 Å². The molecule has 106 valence electrons. The molecule has 0 aromatic heterocycles. The first-order chi connectivity index (χ1) is 9.17. The van der Waals surface area contributed by atoms with Crippen LogP contribution in [0.5, 0.6) is 0 Å². The summed E-state index contributed by atoms with van der Waals surface area (Å²) in [6, 6.07) is 8.66. The van der Waals surface area contributed by atoms with Gasteiger partial charge in [-0.05, 0) is 38.7 Å². The Bertz CT molecular complexity index is 366. The van der Waals surface area contributed by atoms with E-state index in [1.54, 1.807) is 0 Å². The highest BCUT2D eigenvalue weighted by Crippen LogP contribution is 2.03. The van der Waals surface area contributed by atoms with Gasteiger partial charge in [0.2, 0.25) is 0 Å². The predicted octanol–water partition coefficient (Wildman–Crippen LogP) is 6.26. The van der Waals surface area contributed by atoms with Crippen molar-refractivity contribution < 1.29 is 0 Å². The number of allylic oxidation sites excluding steroid dienone is 4. The second-order valence-corrected chi connectivity index (χ2v) is 4.75. The monoisotopic (exact) mass is 258 g/mol. The average Bonchev–Trinajstić information content (AvgIpc) is 2.45. The zero-order valence-electron chi connectivity index (χ0n) is 13.4. The average molecular weight is 258 g/mol. The summed E-state index contributed by atoms with van der Waals surface area (Å²) in [4.78, 5) is 0. The predicted molar refractivity (Wildman–Crippen MR) is 88.7 cm³/mol. The lowest BCUT2D eigenvalue weighted by Crippen LogP contribution is -1.77. The highest BCUT2D eigenvalue weighted by molar-refractivity contribution is 5.20. The maximum Gasteiger partial charge on any atom is -0.0307 e. The third-order valence-corrected chi connectivity index (χ3v) is 3.10. The molecule has 0 fully saturated rings. The molecular formula is C19H30. The Morgan fingerprint density at radius 1 is 1.05 bits per heavy atom. The fourth-order valence-corrected chi connectivity index (χ4v) is 1.64. The van der Waals surface area contributed by atoms with Gasteiger partial charge in [-0.15, -0.1) is 0 Å². The van der Waals surface area contributed by atoms with Crippen molar-refractivity contribution in [2.24, 2.45) is 0 Å². The molecule has 0 nitrogen and oxygen atoms in total. The molecule has 0 spiro atoms. The molecule has 0 aliphatic heterocycles. The maximum atomic E-state index is 2.25.